The summed E-state index contributed by atoms with van der Waals surface area (Å²) in [6, 6.07) is 4.58. The van der Waals surface area contributed by atoms with Gasteiger partial charge < -0.3 is 5.32 Å². The van der Waals surface area contributed by atoms with Crippen molar-refractivity contribution in [3.05, 3.63) is 33.8 Å². The van der Waals surface area contributed by atoms with Crippen molar-refractivity contribution >= 4 is 24.0 Å². The highest BCUT2D eigenvalue weighted by atomic mass is 35.5. The average Bonchev–Trinajstić information content (AvgIpc) is 2.71. The zero-order chi connectivity index (χ0) is 12.9. The molecular formula is C16H23Cl2N. The van der Waals surface area contributed by atoms with E-state index in [-0.39, 0.29) is 12.4 Å². The molecule has 1 nitrogen and oxygen atoms in total. The molecule has 0 radical (unpaired) electrons. The molecule has 1 N–H and O–H groups in total. The van der Waals surface area contributed by atoms with Gasteiger partial charge in [-0.05, 0) is 40.9 Å². The van der Waals surface area contributed by atoms with Gasteiger partial charge in [-0.15, -0.1) is 12.4 Å². The lowest BCUT2D eigenvalue weighted by Crippen LogP contribution is -2.30. The largest absolute Gasteiger partial charge is 0.316 e. The van der Waals surface area contributed by atoms with E-state index in [0.717, 1.165) is 24.5 Å². The van der Waals surface area contributed by atoms with Gasteiger partial charge in [0.05, 0.1) is 0 Å². The molecule has 0 amide bonds. The Morgan fingerprint density at radius 1 is 1.37 bits per heavy atom. The Morgan fingerprint density at radius 2 is 2.11 bits per heavy atom. The number of fused-ring (bicyclic) bond motifs is 3. The molecule has 0 spiro atoms. The van der Waals surface area contributed by atoms with Gasteiger partial charge in [-0.2, -0.15) is 0 Å². The highest BCUT2D eigenvalue weighted by molar-refractivity contribution is 6.32. The molecule has 1 fully saturated rings. The van der Waals surface area contributed by atoms with Crippen LogP contribution in [0.1, 0.15) is 55.7 Å². The molecule has 0 saturated carbocycles. The molecule has 1 aromatic carbocycles. The minimum absolute atomic E-state index is 0. The maximum absolute atomic E-state index is 6.64. The van der Waals surface area contributed by atoms with Gasteiger partial charge in [-0.25, -0.2) is 0 Å². The summed E-state index contributed by atoms with van der Waals surface area (Å²) in [7, 11) is 0. The van der Waals surface area contributed by atoms with Crippen molar-refractivity contribution in [3.63, 3.8) is 0 Å². The fourth-order valence-corrected chi connectivity index (χ4v) is 4.20. The van der Waals surface area contributed by atoms with Gasteiger partial charge in [-0.1, -0.05) is 44.5 Å². The van der Waals surface area contributed by atoms with Crippen LogP contribution in [0.25, 0.3) is 0 Å². The highest BCUT2D eigenvalue weighted by Crippen LogP contribution is 2.49. The molecule has 0 aromatic heterocycles. The van der Waals surface area contributed by atoms with Crippen LogP contribution in [0.4, 0.5) is 0 Å². The Hall–Kier alpha value is -0.240. The first kappa shape index (κ1) is 15.2. The standard InChI is InChI=1S/C16H22ClN.ClH/c1-10(2)11-4-5-12-13(15(11)17)6-7-16(3)9-18-8-14(12)16;/h4-5,10,14,18H,6-9H2,1-3H3;1H/t14-,16+;/m0./s1. The summed E-state index contributed by atoms with van der Waals surface area (Å²) in [5.74, 6) is 1.16. The van der Waals surface area contributed by atoms with Crippen molar-refractivity contribution in [2.24, 2.45) is 5.41 Å². The van der Waals surface area contributed by atoms with Crippen molar-refractivity contribution in [3.8, 4) is 0 Å². The first-order valence-electron chi connectivity index (χ1n) is 7.05. The molecule has 1 aliphatic carbocycles. The summed E-state index contributed by atoms with van der Waals surface area (Å²) in [4.78, 5) is 0. The second-order valence-corrected chi connectivity index (χ2v) is 6.91. The molecule has 0 unspecified atom stereocenters. The van der Waals surface area contributed by atoms with Crippen LogP contribution in [0.2, 0.25) is 5.02 Å². The van der Waals surface area contributed by atoms with Crippen LogP contribution in [-0.2, 0) is 6.42 Å². The lowest BCUT2D eigenvalue weighted by Gasteiger charge is -2.37. The normalized spacial score (nSPS) is 28.8. The van der Waals surface area contributed by atoms with E-state index in [9.17, 15) is 0 Å². The molecule has 1 saturated heterocycles. The van der Waals surface area contributed by atoms with Gasteiger partial charge in [0, 0.05) is 24.0 Å². The van der Waals surface area contributed by atoms with Crippen LogP contribution in [0, 0.1) is 5.41 Å². The summed E-state index contributed by atoms with van der Waals surface area (Å²) in [5, 5.41) is 4.60. The van der Waals surface area contributed by atoms with Gasteiger partial charge in [-0.3, -0.25) is 0 Å². The quantitative estimate of drug-likeness (QED) is 0.804. The van der Waals surface area contributed by atoms with Gasteiger partial charge in [0.15, 0.2) is 0 Å². The summed E-state index contributed by atoms with van der Waals surface area (Å²) in [5.41, 5.74) is 4.68. The third-order valence-electron chi connectivity index (χ3n) is 4.97. The maximum Gasteiger partial charge on any atom is 0.0475 e. The van der Waals surface area contributed by atoms with Crippen molar-refractivity contribution in [2.45, 2.75) is 45.4 Å². The number of hydrogen-bond donors (Lipinski definition) is 1. The van der Waals surface area contributed by atoms with Crippen LogP contribution in [0.5, 0.6) is 0 Å². The third-order valence-corrected chi connectivity index (χ3v) is 5.42. The van der Waals surface area contributed by atoms with Crippen molar-refractivity contribution in [2.75, 3.05) is 13.1 Å². The molecule has 3 rings (SSSR count). The predicted molar refractivity (Wildman–Crippen MR) is 84.8 cm³/mol. The number of nitrogens with one attached hydrogen (secondary N) is 1. The Morgan fingerprint density at radius 3 is 2.79 bits per heavy atom. The predicted octanol–water partition coefficient (Wildman–Crippen LogP) is 4.52. The maximum atomic E-state index is 6.64. The number of rotatable bonds is 1. The first-order valence-corrected chi connectivity index (χ1v) is 7.42. The molecule has 19 heavy (non-hydrogen) atoms. The molecule has 2 aliphatic rings. The van der Waals surface area contributed by atoms with Gasteiger partial charge in [0.25, 0.3) is 0 Å². The molecule has 2 atom stereocenters. The average molecular weight is 300 g/mol. The smallest absolute Gasteiger partial charge is 0.0475 e. The highest BCUT2D eigenvalue weighted by Gasteiger charge is 2.43. The summed E-state index contributed by atoms with van der Waals surface area (Å²) in [6.45, 7) is 9.13. The van der Waals surface area contributed by atoms with Gasteiger partial charge >= 0.3 is 0 Å². The zero-order valence-corrected chi connectivity index (χ0v) is 13.5. The van der Waals surface area contributed by atoms with E-state index in [1.807, 2.05) is 0 Å². The lowest BCUT2D eigenvalue weighted by molar-refractivity contribution is 0.277. The minimum Gasteiger partial charge on any atom is -0.316 e. The molecule has 106 valence electrons. The first-order chi connectivity index (χ1) is 8.53. The van der Waals surface area contributed by atoms with Crippen LogP contribution in [0.15, 0.2) is 12.1 Å². The zero-order valence-electron chi connectivity index (χ0n) is 11.9. The van der Waals surface area contributed by atoms with Crippen LogP contribution in [-0.4, -0.2) is 13.1 Å². The van der Waals surface area contributed by atoms with Crippen molar-refractivity contribution < 1.29 is 0 Å². The number of hydrogen-bond acceptors (Lipinski definition) is 1. The molecule has 1 aliphatic heterocycles. The molecule has 1 aromatic rings. The van der Waals surface area contributed by atoms with E-state index < -0.39 is 0 Å². The summed E-state index contributed by atoms with van der Waals surface area (Å²) < 4.78 is 0. The summed E-state index contributed by atoms with van der Waals surface area (Å²) >= 11 is 6.64. The van der Waals surface area contributed by atoms with Crippen LogP contribution in [0.3, 0.4) is 0 Å². The monoisotopic (exact) mass is 299 g/mol. The van der Waals surface area contributed by atoms with Crippen molar-refractivity contribution in [1.29, 1.82) is 0 Å². The topological polar surface area (TPSA) is 12.0 Å². The van der Waals surface area contributed by atoms with Gasteiger partial charge in [0.1, 0.15) is 0 Å². The van der Waals surface area contributed by atoms with E-state index in [1.54, 1.807) is 0 Å². The number of benzene rings is 1. The second-order valence-electron chi connectivity index (χ2n) is 6.53. The number of halogens is 2. The Labute approximate surface area is 127 Å². The Bertz CT molecular complexity index is 484. The van der Waals surface area contributed by atoms with Crippen molar-refractivity contribution in [1.82, 2.24) is 5.32 Å². The van der Waals surface area contributed by atoms with E-state index in [2.05, 4.69) is 38.2 Å². The van der Waals surface area contributed by atoms with Crippen LogP contribution < -0.4 is 5.32 Å². The Balaban J connectivity index is 0.00000133. The third kappa shape index (κ3) is 2.30. The molecular weight excluding hydrogens is 277 g/mol. The Kier molecular flexibility index (Phi) is 4.21. The van der Waals surface area contributed by atoms with E-state index in [1.165, 1.54) is 23.1 Å². The fourth-order valence-electron chi connectivity index (χ4n) is 3.71. The fraction of sp³-hybridized carbons (Fsp3) is 0.625. The molecule has 3 heteroatoms. The summed E-state index contributed by atoms with van der Waals surface area (Å²) in [6.07, 6.45) is 2.41. The van der Waals surface area contributed by atoms with E-state index in [4.69, 9.17) is 11.6 Å². The van der Waals surface area contributed by atoms with Gasteiger partial charge in [0.2, 0.25) is 0 Å². The van der Waals surface area contributed by atoms with E-state index in [0.29, 0.717) is 17.3 Å². The minimum atomic E-state index is 0. The van der Waals surface area contributed by atoms with E-state index >= 15 is 0 Å². The SMILES string of the molecule is CC(C)c1ccc2c(c1Cl)CC[C@]1(C)CNC[C@@H]21.Cl. The second kappa shape index (κ2) is 5.27. The molecule has 1 heterocycles. The molecule has 0 bridgehead atoms. The van der Waals surface area contributed by atoms with Crippen LogP contribution >= 0.6 is 24.0 Å². The lowest BCUT2D eigenvalue weighted by atomic mass is 9.66.